The molecule has 0 aromatic heterocycles. The highest BCUT2D eigenvalue weighted by Gasteiger charge is 2.32. The topological polar surface area (TPSA) is 49.8 Å². The fraction of sp³-hybridized carbons (Fsp3) is 0.632. The fourth-order valence-corrected chi connectivity index (χ4v) is 3.25. The van der Waals surface area contributed by atoms with E-state index in [-0.39, 0.29) is 11.3 Å². The largest absolute Gasteiger partial charge is 0.493 e. The summed E-state index contributed by atoms with van der Waals surface area (Å²) in [6.45, 7) is 11.8. The molecule has 1 aliphatic rings. The third-order valence-electron chi connectivity index (χ3n) is 4.23. The van der Waals surface area contributed by atoms with Crippen LogP contribution < -0.4 is 4.74 Å². The van der Waals surface area contributed by atoms with Crippen LogP contribution in [0.1, 0.15) is 39.7 Å². The van der Waals surface area contributed by atoms with Crippen LogP contribution in [0.3, 0.4) is 0 Å². The number of aliphatic carboxylic acids is 1. The Morgan fingerprint density at radius 1 is 1.30 bits per heavy atom. The first-order chi connectivity index (χ1) is 10.7. The van der Waals surface area contributed by atoms with Gasteiger partial charge in [-0.3, -0.25) is 9.69 Å². The van der Waals surface area contributed by atoms with Crippen molar-refractivity contribution in [1.29, 1.82) is 0 Å². The molecule has 1 aromatic rings. The van der Waals surface area contributed by atoms with Gasteiger partial charge in [0.25, 0.3) is 0 Å². The van der Waals surface area contributed by atoms with Gasteiger partial charge in [-0.25, -0.2) is 0 Å². The highest BCUT2D eigenvalue weighted by Crippen LogP contribution is 2.27. The van der Waals surface area contributed by atoms with Crippen molar-refractivity contribution in [3.8, 4) is 5.75 Å². The van der Waals surface area contributed by atoms with Crippen molar-refractivity contribution in [2.24, 2.45) is 17.3 Å². The van der Waals surface area contributed by atoms with E-state index >= 15 is 0 Å². The summed E-state index contributed by atoms with van der Waals surface area (Å²) in [4.78, 5) is 13.0. The molecule has 1 aromatic carbocycles. The molecule has 0 aliphatic carbocycles. The third kappa shape index (κ3) is 5.54. The van der Waals surface area contributed by atoms with E-state index in [1.54, 1.807) is 0 Å². The molecule has 2 rings (SSSR count). The zero-order valence-electron chi connectivity index (χ0n) is 14.7. The smallest absolute Gasteiger partial charge is 0.309 e. The molecule has 4 heteroatoms. The average molecular weight is 319 g/mol. The van der Waals surface area contributed by atoms with Gasteiger partial charge in [0.15, 0.2) is 0 Å². The molecule has 4 nitrogen and oxygen atoms in total. The maximum atomic E-state index is 10.8. The molecule has 128 valence electrons. The summed E-state index contributed by atoms with van der Waals surface area (Å²) in [5.74, 6) is 0.689. The van der Waals surface area contributed by atoms with Gasteiger partial charge in [-0.15, -0.1) is 0 Å². The van der Waals surface area contributed by atoms with E-state index < -0.39 is 5.97 Å². The Labute approximate surface area is 139 Å². The van der Waals surface area contributed by atoms with E-state index in [1.807, 2.05) is 12.1 Å². The van der Waals surface area contributed by atoms with Crippen LogP contribution in [0, 0.1) is 17.3 Å². The highest BCUT2D eigenvalue weighted by atomic mass is 16.5. The van der Waals surface area contributed by atoms with Crippen LogP contribution >= 0.6 is 0 Å². The fourth-order valence-electron chi connectivity index (χ4n) is 3.25. The quantitative estimate of drug-likeness (QED) is 0.794. The minimum Gasteiger partial charge on any atom is -0.493 e. The number of hydrogen-bond acceptors (Lipinski definition) is 3. The van der Waals surface area contributed by atoms with Crippen molar-refractivity contribution in [2.75, 3.05) is 19.7 Å². The second kappa shape index (κ2) is 7.35. The van der Waals surface area contributed by atoms with Gasteiger partial charge in [0.2, 0.25) is 0 Å². The standard InChI is InChI=1S/C19H29NO3/c1-14(2)9-19(3,4)13-23-17-7-5-15(6-8-17)10-20-11-16(12-20)18(21)22/h5-8,14,16H,9-13H2,1-4H3,(H,21,22). The second-order valence-electron chi connectivity index (χ2n) is 7.92. The normalized spacial score (nSPS) is 16.4. The van der Waals surface area contributed by atoms with Gasteiger partial charge in [0.05, 0.1) is 12.5 Å². The minimum absolute atomic E-state index is 0.177. The van der Waals surface area contributed by atoms with Crippen molar-refractivity contribution in [1.82, 2.24) is 4.90 Å². The Bertz CT molecular complexity index is 516. The Morgan fingerprint density at radius 3 is 2.43 bits per heavy atom. The van der Waals surface area contributed by atoms with Crippen LogP contribution in [0.15, 0.2) is 24.3 Å². The number of carboxylic acids is 1. The molecule has 0 amide bonds. The molecule has 0 bridgehead atoms. The first-order valence-corrected chi connectivity index (χ1v) is 8.42. The first kappa shape index (κ1) is 17.8. The van der Waals surface area contributed by atoms with Gasteiger partial charge in [-0.05, 0) is 35.4 Å². The van der Waals surface area contributed by atoms with Gasteiger partial charge in [-0.2, -0.15) is 0 Å². The molecule has 1 aliphatic heterocycles. The Hall–Kier alpha value is -1.55. The highest BCUT2D eigenvalue weighted by molar-refractivity contribution is 5.71. The number of nitrogens with zero attached hydrogens (tertiary/aromatic N) is 1. The van der Waals surface area contributed by atoms with E-state index in [9.17, 15) is 4.79 Å². The number of ether oxygens (including phenoxy) is 1. The molecule has 0 saturated carbocycles. The number of benzene rings is 1. The van der Waals surface area contributed by atoms with Crippen LogP contribution in [0.4, 0.5) is 0 Å². The lowest BCUT2D eigenvalue weighted by Gasteiger charge is -2.36. The molecular weight excluding hydrogens is 290 g/mol. The van der Waals surface area contributed by atoms with Crippen molar-refractivity contribution >= 4 is 5.97 Å². The third-order valence-corrected chi connectivity index (χ3v) is 4.23. The summed E-state index contributed by atoms with van der Waals surface area (Å²) < 4.78 is 5.93. The summed E-state index contributed by atoms with van der Waals surface area (Å²) in [6, 6.07) is 8.16. The number of rotatable bonds is 8. The van der Waals surface area contributed by atoms with Crippen LogP contribution in [-0.2, 0) is 11.3 Å². The van der Waals surface area contributed by atoms with Crippen molar-refractivity contribution < 1.29 is 14.6 Å². The van der Waals surface area contributed by atoms with Crippen molar-refractivity contribution in [3.63, 3.8) is 0 Å². The van der Waals surface area contributed by atoms with Gasteiger partial charge >= 0.3 is 5.97 Å². The van der Waals surface area contributed by atoms with E-state index in [4.69, 9.17) is 9.84 Å². The van der Waals surface area contributed by atoms with E-state index in [0.29, 0.717) is 19.0 Å². The van der Waals surface area contributed by atoms with Crippen LogP contribution in [0.25, 0.3) is 0 Å². The molecule has 0 atom stereocenters. The van der Waals surface area contributed by atoms with Gasteiger partial charge < -0.3 is 9.84 Å². The lowest BCUT2D eigenvalue weighted by molar-refractivity contribution is -0.147. The number of hydrogen-bond donors (Lipinski definition) is 1. The van der Waals surface area contributed by atoms with E-state index in [1.165, 1.54) is 5.56 Å². The molecule has 1 N–H and O–H groups in total. The molecule has 0 unspecified atom stereocenters. The first-order valence-electron chi connectivity index (χ1n) is 8.42. The SMILES string of the molecule is CC(C)CC(C)(C)COc1ccc(CN2CC(C(=O)O)C2)cc1. The predicted octanol–water partition coefficient (Wildman–Crippen LogP) is 3.65. The van der Waals surface area contributed by atoms with Gasteiger partial charge in [0, 0.05) is 19.6 Å². The lowest BCUT2D eigenvalue weighted by atomic mass is 9.85. The molecule has 1 saturated heterocycles. The summed E-state index contributed by atoms with van der Waals surface area (Å²) >= 11 is 0. The van der Waals surface area contributed by atoms with Gasteiger partial charge in [0.1, 0.15) is 5.75 Å². The molecular formula is C19H29NO3. The number of likely N-dealkylation sites (tertiary alicyclic amines) is 1. The number of carbonyl (C=O) groups is 1. The molecule has 0 radical (unpaired) electrons. The van der Waals surface area contributed by atoms with E-state index in [0.717, 1.165) is 25.3 Å². The Morgan fingerprint density at radius 2 is 1.91 bits per heavy atom. The monoisotopic (exact) mass is 319 g/mol. The summed E-state index contributed by atoms with van der Waals surface area (Å²) in [6.07, 6.45) is 1.14. The zero-order chi connectivity index (χ0) is 17.0. The second-order valence-corrected chi connectivity index (χ2v) is 7.92. The summed E-state index contributed by atoms with van der Waals surface area (Å²) in [5.41, 5.74) is 1.37. The maximum Gasteiger partial charge on any atom is 0.309 e. The predicted molar refractivity (Wildman–Crippen MR) is 91.6 cm³/mol. The molecule has 1 fully saturated rings. The average Bonchev–Trinajstić information content (AvgIpc) is 2.39. The lowest BCUT2D eigenvalue weighted by Crippen LogP contribution is -2.49. The van der Waals surface area contributed by atoms with Crippen molar-refractivity contribution in [2.45, 2.75) is 40.7 Å². The maximum absolute atomic E-state index is 10.8. The van der Waals surface area contributed by atoms with Crippen LogP contribution in [0.5, 0.6) is 5.75 Å². The van der Waals surface area contributed by atoms with Crippen molar-refractivity contribution in [3.05, 3.63) is 29.8 Å². The zero-order valence-corrected chi connectivity index (χ0v) is 14.7. The van der Waals surface area contributed by atoms with Crippen LogP contribution in [0.2, 0.25) is 0 Å². The minimum atomic E-state index is -0.686. The van der Waals surface area contributed by atoms with Crippen LogP contribution in [-0.4, -0.2) is 35.7 Å². The Balaban J connectivity index is 1.78. The Kier molecular flexibility index (Phi) is 5.69. The number of carboxylic acid groups (broad SMARTS) is 1. The summed E-state index contributed by atoms with van der Waals surface area (Å²) in [7, 11) is 0. The van der Waals surface area contributed by atoms with E-state index in [2.05, 4.69) is 44.7 Å². The molecule has 0 spiro atoms. The molecule has 1 heterocycles. The summed E-state index contributed by atoms with van der Waals surface area (Å²) in [5, 5.41) is 8.89. The van der Waals surface area contributed by atoms with Gasteiger partial charge in [-0.1, -0.05) is 39.8 Å². The molecule has 23 heavy (non-hydrogen) atoms.